The standard InChI is InChI=1S/C31H33Cl2N3O4S/c32-25-14-13-24(28(33)18-25)19-35(30(37)21-41-20-23-11-15-27(16-12-23)36(39)40)29(17-22-7-3-1-4-8-22)31(38)34-26-9-5-2-6-10-26/h1,3-4,7-8,11-16,18,26,29H,2,5-6,9-10,17,19-21H2,(H,34,38)/t29-/m1/s1. The number of nitrogens with one attached hydrogen (secondary N) is 1. The highest BCUT2D eigenvalue weighted by atomic mass is 35.5. The van der Waals surface area contributed by atoms with Gasteiger partial charge in [0, 0.05) is 46.9 Å². The lowest BCUT2D eigenvalue weighted by molar-refractivity contribution is -0.384. The van der Waals surface area contributed by atoms with Gasteiger partial charge in [0.15, 0.2) is 0 Å². The zero-order valence-electron chi connectivity index (χ0n) is 22.6. The molecule has 0 aromatic heterocycles. The Labute approximate surface area is 254 Å². The Hall–Kier alpha value is -3.07. The van der Waals surface area contributed by atoms with Crippen LogP contribution >= 0.6 is 35.0 Å². The monoisotopic (exact) mass is 613 g/mol. The van der Waals surface area contributed by atoms with Crippen molar-refractivity contribution in [3.63, 3.8) is 0 Å². The fraction of sp³-hybridized carbons (Fsp3) is 0.355. The van der Waals surface area contributed by atoms with Crippen LogP contribution in [0.25, 0.3) is 0 Å². The van der Waals surface area contributed by atoms with Crippen molar-refractivity contribution in [2.45, 2.75) is 62.9 Å². The first-order valence-electron chi connectivity index (χ1n) is 13.7. The van der Waals surface area contributed by atoms with Gasteiger partial charge in [-0.15, -0.1) is 11.8 Å². The van der Waals surface area contributed by atoms with Gasteiger partial charge in [0.25, 0.3) is 5.69 Å². The summed E-state index contributed by atoms with van der Waals surface area (Å²) in [7, 11) is 0. The molecule has 1 atom stereocenters. The van der Waals surface area contributed by atoms with Gasteiger partial charge in [-0.3, -0.25) is 19.7 Å². The average molecular weight is 615 g/mol. The number of non-ortho nitro benzene ring substituents is 1. The molecule has 1 aliphatic rings. The Bertz CT molecular complexity index is 1330. The van der Waals surface area contributed by atoms with Crippen molar-refractivity contribution in [3.05, 3.63) is 110 Å². The van der Waals surface area contributed by atoms with Crippen LogP contribution in [0.1, 0.15) is 48.8 Å². The minimum absolute atomic E-state index is 0.0218. The summed E-state index contributed by atoms with van der Waals surface area (Å²) >= 11 is 14.0. The number of nitro groups is 1. The summed E-state index contributed by atoms with van der Waals surface area (Å²) in [5, 5.41) is 15.1. The van der Waals surface area contributed by atoms with E-state index >= 15 is 0 Å². The minimum Gasteiger partial charge on any atom is -0.352 e. The van der Waals surface area contributed by atoms with Crippen LogP contribution in [0.4, 0.5) is 5.69 Å². The third kappa shape index (κ3) is 9.21. The molecule has 7 nitrogen and oxygen atoms in total. The highest BCUT2D eigenvalue weighted by Gasteiger charge is 2.32. The molecule has 3 aromatic rings. The van der Waals surface area contributed by atoms with Crippen LogP contribution in [-0.2, 0) is 28.3 Å². The number of hydrogen-bond donors (Lipinski definition) is 1. The summed E-state index contributed by atoms with van der Waals surface area (Å²) in [5.74, 6) is 0.267. The minimum atomic E-state index is -0.737. The Morgan fingerprint density at radius 1 is 0.976 bits per heavy atom. The quantitative estimate of drug-likeness (QED) is 0.172. The molecule has 216 valence electrons. The van der Waals surface area contributed by atoms with Crippen molar-refractivity contribution in [1.29, 1.82) is 0 Å². The van der Waals surface area contributed by atoms with Crippen LogP contribution in [0.3, 0.4) is 0 Å². The third-order valence-corrected chi connectivity index (χ3v) is 8.80. The van der Waals surface area contributed by atoms with Gasteiger partial charge in [0.1, 0.15) is 6.04 Å². The molecule has 4 rings (SSSR count). The van der Waals surface area contributed by atoms with Gasteiger partial charge < -0.3 is 10.2 Å². The Kier molecular flexibility index (Phi) is 11.5. The van der Waals surface area contributed by atoms with E-state index in [1.807, 2.05) is 30.3 Å². The molecule has 0 radical (unpaired) electrons. The molecule has 2 amide bonds. The van der Waals surface area contributed by atoms with E-state index in [1.54, 1.807) is 35.2 Å². The second-order valence-electron chi connectivity index (χ2n) is 10.2. The van der Waals surface area contributed by atoms with Crippen molar-refractivity contribution >= 4 is 52.5 Å². The first kappa shape index (κ1) is 30.9. The zero-order chi connectivity index (χ0) is 29.2. The number of rotatable bonds is 12. The topological polar surface area (TPSA) is 92.6 Å². The predicted molar refractivity (Wildman–Crippen MR) is 165 cm³/mol. The molecule has 0 aliphatic heterocycles. The van der Waals surface area contributed by atoms with Crippen LogP contribution in [0.15, 0.2) is 72.8 Å². The normalized spacial score (nSPS) is 14.3. The molecule has 3 aromatic carbocycles. The average Bonchev–Trinajstić information content (AvgIpc) is 2.97. The van der Waals surface area contributed by atoms with E-state index in [0.29, 0.717) is 27.8 Å². The molecule has 1 N–H and O–H groups in total. The number of nitrogens with zero attached hydrogens (tertiary/aromatic N) is 2. The van der Waals surface area contributed by atoms with Gasteiger partial charge in [0.2, 0.25) is 11.8 Å². The molecule has 10 heteroatoms. The maximum atomic E-state index is 13.9. The van der Waals surface area contributed by atoms with Crippen LogP contribution in [0.2, 0.25) is 10.0 Å². The number of thioether (sulfide) groups is 1. The molecule has 41 heavy (non-hydrogen) atoms. The van der Waals surface area contributed by atoms with Gasteiger partial charge in [-0.1, -0.05) is 91.0 Å². The molecule has 0 unspecified atom stereocenters. The van der Waals surface area contributed by atoms with E-state index in [1.165, 1.54) is 30.3 Å². The molecule has 0 spiro atoms. The van der Waals surface area contributed by atoms with Crippen LogP contribution in [0, 0.1) is 10.1 Å². The van der Waals surface area contributed by atoms with Gasteiger partial charge >= 0.3 is 0 Å². The lowest BCUT2D eigenvalue weighted by atomic mass is 9.94. The van der Waals surface area contributed by atoms with E-state index in [-0.39, 0.29) is 35.8 Å². The predicted octanol–water partition coefficient (Wildman–Crippen LogP) is 7.22. The van der Waals surface area contributed by atoms with E-state index in [9.17, 15) is 19.7 Å². The highest BCUT2D eigenvalue weighted by Crippen LogP contribution is 2.26. The summed E-state index contributed by atoms with van der Waals surface area (Å²) in [4.78, 5) is 39.9. The Balaban J connectivity index is 1.57. The first-order valence-corrected chi connectivity index (χ1v) is 15.6. The van der Waals surface area contributed by atoms with E-state index in [2.05, 4.69) is 5.32 Å². The van der Waals surface area contributed by atoms with Gasteiger partial charge in [0.05, 0.1) is 10.7 Å². The summed E-state index contributed by atoms with van der Waals surface area (Å²) in [6.45, 7) is 0.155. The van der Waals surface area contributed by atoms with Gasteiger partial charge in [-0.25, -0.2) is 0 Å². The van der Waals surface area contributed by atoms with Gasteiger partial charge in [-0.2, -0.15) is 0 Å². The molecule has 1 aliphatic carbocycles. The number of halogens is 2. The smallest absolute Gasteiger partial charge is 0.269 e. The second kappa shape index (κ2) is 15.2. The molecular weight excluding hydrogens is 581 g/mol. The van der Waals surface area contributed by atoms with Gasteiger partial charge in [-0.05, 0) is 41.7 Å². The maximum Gasteiger partial charge on any atom is 0.269 e. The van der Waals surface area contributed by atoms with Crippen LogP contribution < -0.4 is 5.32 Å². The maximum absolute atomic E-state index is 13.9. The highest BCUT2D eigenvalue weighted by molar-refractivity contribution is 7.99. The van der Waals surface area contributed by atoms with Crippen LogP contribution in [0.5, 0.6) is 0 Å². The Morgan fingerprint density at radius 2 is 1.68 bits per heavy atom. The van der Waals surface area contributed by atoms with Crippen molar-refractivity contribution in [3.8, 4) is 0 Å². The largest absolute Gasteiger partial charge is 0.352 e. The number of carbonyl (C=O) groups is 2. The Morgan fingerprint density at radius 3 is 2.34 bits per heavy atom. The first-order chi connectivity index (χ1) is 19.8. The SMILES string of the molecule is O=C(NC1CCCCC1)[C@@H](Cc1ccccc1)N(Cc1ccc(Cl)cc1Cl)C(=O)CSCc1ccc([N+](=O)[O-])cc1. The molecule has 0 saturated heterocycles. The number of benzene rings is 3. The summed E-state index contributed by atoms with van der Waals surface area (Å²) in [5.41, 5.74) is 2.55. The number of nitro benzene ring substituents is 1. The van der Waals surface area contributed by atoms with Crippen molar-refractivity contribution < 1.29 is 14.5 Å². The lowest BCUT2D eigenvalue weighted by Crippen LogP contribution is -2.53. The number of amides is 2. The molecule has 0 bridgehead atoms. The zero-order valence-corrected chi connectivity index (χ0v) is 25.0. The fourth-order valence-corrected chi connectivity index (χ4v) is 6.32. The van der Waals surface area contributed by atoms with Crippen molar-refractivity contribution in [1.82, 2.24) is 10.2 Å². The summed E-state index contributed by atoms with van der Waals surface area (Å²) in [6.07, 6.45) is 5.57. The number of carbonyl (C=O) groups excluding carboxylic acids is 2. The second-order valence-corrected chi connectivity index (χ2v) is 12.1. The van der Waals surface area contributed by atoms with E-state index in [0.717, 1.165) is 36.8 Å². The fourth-order valence-electron chi connectivity index (χ4n) is 4.98. The number of hydrogen-bond acceptors (Lipinski definition) is 5. The van der Waals surface area contributed by atoms with Crippen molar-refractivity contribution in [2.75, 3.05) is 5.75 Å². The molecule has 0 heterocycles. The molecule has 1 saturated carbocycles. The van der Waals surface area contributed by atoms with E-state index in [4.69, 9.17) is 23.2 Å². The van der Waals surface area contributed by atoms with Crippen LogP contribution in [-0.4, -0.2) is 39.5 Å². The van der Waals surface area contributed by atoms with Crippen molar-refractivity contribution in [2.24, 2.45) is 0 Å². The lowest BCUT2D eigenvalue weighted by Gasteiger charge is -2.33. The summed E-state index contributed by atoms with van der Waals surface area (Å²) in [6, 6.07) is 20.5. The summed E-state index contributed by atoms with van der Waals surface area (Å²) < 4.78 is 0. The van der Waals surface area contributed by atoms with E-state index < -0.39 is 11.0 Å². The molecular formula is C31H33Cl2N3O4S. The third-order valence-electron chi connectivity index (χ3n) is 7.22. The molecule has 1 fully saturated rings.